The molecule has 1 aliphatic rings. The van der Waals surface area contributed by atoms with Gasteiger partial charge in [0.15, 0.2) is 0 Å². The minimum Gasteiger partial charge on any atom is -0.383 e. The van der Waals surface area contributed by atoms with Crippen LogP contribution in [0.5, 0.6) is 0 Å². The van der Waals surface area contributed by atoms with Crippen molar-refractivity contribution in [3.8, 4) is 0 Å². The highest BCUT2D eigenvalue weighted by Gasteiger charge is 2.41. The Kier molecular flexibility index (Phi) is 5.80. The van der Waals surface area contributed by atoms with E-state index in [-0.39, 0.29) is 5.41 Å². The van der Waals surface area contributed by atoms with Crippen LogP contribution < -0.4 is 5.32 Å². The third-order valence-corrected chi connectivity index (χ3v) is 4.92. The highest BCUT2D eigenvalue weighted by molar-refractivity contribution is 5.31. The average molecular weight is 291 g/mol. The van der Waals surface area contributed by atoms with Crippen LogP contribution in [0.2, 0.25) is 0 Å². The second-order valence-electron chi connectivity index (χ2n) is 6.39. The van der Waals surface area contributed by atoms with Gasteiger partial charge in [0, 0.05) is 32.2 Å². The van der Waals surface area contributed by atoms with E-state index < -0.39 is 0 Å². The van der Waals surface area contributed by atoms with E-state index in [4.69, 9.17) is 9.47 Å². The van der Waals surface area contributed by atoms with Gasteiger partial charge in [-0.2, -0.15) is 0 Å². The molecule has 1 aliphatic heterocycles. The van der Waals surface area contributed by atoms with Crippen LogP contribution in [0.1, 0.15) is 30.0 Å². The summed E-state index contributed by atoms with van der Waals surface area (Å²) in [6.45, 7) is 10.1. The van der Waals surface area contributed by atoms with Crippen LogP contribution in [-0.4, -0.2) is 39.5 Å². The van der Waals surface area contributed by atoms with Gasteiger partial charge in [-0.25, -0.2) is 0 Å². The Balaban J connectivity index is 2.07. The first-order valence-corrected chi connectivity index (χ1v) is 7.95. The number of methoxy groups -OCH3 is 1. The number of aryl methyl sites for hydroxylation is 2. The Morgan fingerprint density at radius 1 is 1.33 bits per heavy atom. The van der Waals surface area contributed by atoms with Gasteiger partial charge < -0.3 is 14.8 Å². The summed E-state index contributed by atoms with van der Waals surface area (Å²) in [4.78, 5) is 0. The van der Waals surface area contributed by atoms with Gasteiger partial charge in [0.25, 0.3) is 0 Å². The summed E-state index contributed by atoms with van der Waals surface area (Å²) in [7, 11) is 1.74. The Labute approximate surface area is 129 Å². The maximum atomic E-state index is 5.88. The zero-order chi connectivity index (χ0) is 15.3. The highest BCUT2D eigenvalue weighted by atomic mass is 16.5. The Bertz CT molecular complexity index is 461. The van der Waals surface area contributed by atoms with Gasteiger partial charge in [-0.05, 0) is 50.3 Å². The van der Waals surface area contributed by atoms with E-state index in [2.05, 4.69) is 44.3 Å². The molecule has 2 unspecified atom stereocenters. The summed E-state index contributed by atoms with van der Waals surface area (Å²) in [5, 5.41) is 3.54. The third-order valence-electron chi connectivity index (χ3n) is 4.92. The van der Waals surface area contributed by atoms with Crippen molar-refractivity contribution in [1.29, 1.82) is 0 Å². The van der Waals surface area contributed by atoms with Gasteiger partial charge in [0.2, 0.25) is 0 Å². The molecule has 0 amide bonds. The maximum Gasteiger partial charge on any atom is 0.0619 e. The molecule has 118 valence electrons. The highest BCUT2D eigenvalue weighted by Crippen LogP contribution is 2.38. The van der Waals surface area contributed by atoms with E-state index in [1.165, 1.54) is 16.7 Å². The van der Waals surface area contributed by atoms with Crippen LogP contribution in [0.25, 0.3) is 0 Å². The quantitative estimate of drug-likeness (QED) is 0.784. The van der Waals surface area contributed by atoms with Gasteiger partial charge in [-0.1, -0.05) is 18.2 Å². The first-order chi connectivity index (χ1) is 10.1. The molecule has 1 fully saturated rings. The molecule has 0 aromatic heterocycles. The molecule has 1 saturated heterocycles. The molecular formula is C18H29NO2. The number of ether oxygens (including phenoxy) is 2. The first-order valence-electron chi connectivity index (χ1n) is 7.95. The smallest absolute Gasteiger partial charge is 0.0619 e. The summed E-state index contributed by atoms with van der Waals surface area (Å²) in [5.74, 6) is 0. The molecule has 1 aromatic carbocycles. The maximum absolute atomic E-state index is 5.88. The van der Waals surface area contributed by atoms with Crippen LogP contribution in [-0.2, 0) is 15.9 Å². The summed E-state index contributed by atoms with van der Waals surface area (Å²) in [6, 6.07) is 6.83. The largest absolute Gasteiger partial charge is 0.383 e. The number of hydrogen-bond donors (Lipinski definition) is 1. The number of benzene rings is 1. The van der Waals surface area contributed by atoms with Crippen molar-refractivity contribution in [2.24, 2.45) is 5.41 Å². The van der Waals surface area contributed by atoms with Gasteiger partial charge in [0.05, 0.1) is 12.7 Å². The van der Waals surface area contributed by atoms with E-state index in [1.807, 2.05) is 0 Å². The minimum absolute atomic E-state index is 0.204. The zero-order valence-corrected chi connectivity index (χ0v) is 13.9. The SMILES string of the molecule is COCCNCC1(Cc2ccc(C)c(C)c2)CCOC1C. The fourth-order valence-electron chi connectivity index (χ4n) is 3.18. The lowest BCUT2D eigenvalue weighted by Gasteiger charge is -2.33. The second kappa shape index (κ2) is 7.39. The van der Waals surface area contributed by atoms with Crippen molar-refractivity contribution in [3.05, 3.63) is 34.9 Å². The van der Waals surface area contributed by atoms with E-state index in [0.717, 1.165) is 39.1 Å². The minimum atomic E-state index is 0.204. The molecular weight excluding hydrogens is 262 g/mol. The lowest BCUT2D eigenvalue weighted by molar-refractivity contribution is 0.0619. The third kappa shape index (κ3) is 4.06. The van der Waals surface area contributed by atoms with Gasteiger partial charge in [-0.15, -0.1) is 0 Å². The predicted octanol–water partition coefficient (Wildman–Crippen LogP) is 2.88. The second-order valence-corrected chi connectivity index (χ2v) is 6.39. The van der Waals surface area contributed by atoms with Crippen molar-refractivity contribution < 1.29 is 9.47 Å². The van der Waals surface area contributed by atoms with Gasteiger partial charge >= 0.3 is 0 Å². The predicted molar refractivity (Wildman–Crippen MR) is 86.8 cm³/mol. The van der Waals surface area contributed by atoms with Crippen LogP contribution in [0, 0.1) is 19.3 Å². The zero-order valence-electron chi connectivity index (χ0n) is 13.9. The fraction of sp³-hybridized carbons (Fsp3) is 0.667. The molecule has 3 heteroatoms. The monoisotopic (exact) mass is 291 g/mol. The van der Waals surface area contributed by atoms with Crippen LogP contribution in [0.3, 0.4) is 0 Å². The molecule has 2 rings (SSSR count). The van der Waals surface area contributed by atoms with Crippen molar-refractivity contribution in [1.82, 2.24) is 5.32 Å². The van der Waals surface area contributed by atoms with Crippen molar-refractivity contribution in [3.63, 3.8) is 0 Å². The molecule has 1 aromatic rings. The fourth-order valence-corrected chi connectivity index (χ4v) is 3.18. The molecule has 21 heavy (non-hydrogen) atoms. The number of hydrogen-bond acceptors (Lipinski definition) is 3. The lowest BCUT2D eigenvalue weighted by Crippen LogP contribution is -2.42. The summed E-state index contributed by atoms with van der Waals surface area (Å²) >= 11 is 0. The van der Waals surface area contributed by atoms with Crippen LogP contribution in [0.15, 0.2) is 18.2 Å². The topological polar surface area (TPSA) is 30.5 Å². The molecule has 0 radical (unpaired) electrons. The average Bonchev–Trinajstić information content (AvgIpc) is 2.81. The molecule has 0 aliphatic carbocycles. The number of rotatable bonds is 7. The van der Waals surface area contributed by atoms with Gasteiger partial charge in [0.1, 0.15) is 0 Å². The van der Waals surface area contributed by atoms with E-state index in [0.29, 0.717) is 6.10 Å². The first kappa shape index (κ1) is 16.5. The molecule has 0 bridgehead atoms. The Hall–Kier alpha value is -0.900. The molecule has 3 nitrogen and oxygen atoms in total. The molecule has 1 heterocycles. The van der Waals surface area contributed by atoms with E-state index >= 15 is 0 Å². The summed E-state index contributed by atoms with van der Waals surface area (Å²) in [6.07, 6.45) is 2.50. The standard InChI is InChI=1S/C18H29NO2/c1-14-5-6-17(11-15(14)2)12-18(7-9-21-16(18)3)13-19-8-10-20-4/h5-6,11,16,19H,7-10,12-13H2,1-4H3. The van der Waals surface area contributed by atoms with Crippen molar-refractivity contribution in [2.45, 2.75) is 39.7 Å². The van der Waals surface area contributed by atoms with Crippen LogP contribution >= 0.6 is 0 Å². The van der Waals surface area contributed by atoms with Crippen molar-refractivity contribution >= 4 is 0 Å². The van der Waals surface area contributed by atoms with E-state index in [1.54, 1.807) is 7.11 Å². The Morgan fingerprint density at radius 3 is 2.76 bits per heavy atom. The lowest BCUT2D eigenvalue weighted by atomic mass is 9.76. The Morgan fingerprint density at radius 2 is 2.14 bits per heavy atom. The normalized spacial score (nSPS) is 25.4. The van der Waals surface area contributed by atoms with Crippen LogP contribution in [0.4, 0.5) is 0 Å². The molecule has 0 spiro atoms. The van der Waals surface area contributed by atoms with E-state index in [9.17, 15) is 0 Å². The van der Waals surface area contributed by atoms with Gasteiger partial charge in [-0.3, -0.25) is 0 Å². The summed E-state index contributed by atoms with van der Waals surface area (Å²) < 4.78 is 11.0. The summed E-state index contributed by atoms with van der Waals surface area (Å²) in [5.41, 5.74) is 4.36. The van der Waals surface area contributed by atoms with Crippen molar-refractivity contribution in [2.75, 3.05) is 33.4 Å². The number of nitrogens with one attached hydrogen (secondary N) is 1. The molecule has 2 atom stereocenters. The molecule has 1 N–H and O–H groups in total. The molecule has 0 saturated carbocycles.